The van der Waals surface area contributed by atoms with Gasteiger partial charge in [-0.05, 0) is 38.5 Å². The second-order valence-corrected chi connectivity index (χ2v) is 4.46. The SMILES string of the molecule is C=C(CCC(O)CC)CC(O)(CC)CC. The molecule has 0 radical (unpaired) electrons. The molecule has 0 aliphatic heterocycles. The minimum absolute atomic E-state index is 0.224. The van der Waals surface area contributed by atoms with Gasteiger partial charge in [-0.25, -0.2) is 0 Å². The second kappa shape index (κ2) is 7.02. The van der Waals surface area contributed by atoms with E-state index in [9.17, 15) is 10.2 Å². The van der Waals surface area contributed by atoms with Crippen LogP contribution in [-0.2, 0) is 0 Å². The van der Waals surface area contributed by atoms with E-state index in [0.717, 1.165) is 37.7 Å². The molecule has 0 spiro atoms. The lowest BCUT2D eigenvalue weighted by Gasteiger charge is -2.26. The van der Waals surface area contributed by atoms with Crippen molar-refractivity contribution in [1.82, 2.24) is 0 Å². The predicted octanol–water partition coefficient (Wildman–Crippen LogP) is 3.03. The average molecular weight is 214 g/mol. The van der Waals surface area contributed by atoms with Gasteiger partial charge in [-0.2, -0.15) is 0 Å². The van der Waals surface area contributed by atoms with Crippen LogP contribution in [0.25, 0.3) is 0 Å². The van der Waals surface area contributed by atoms with Gasteiger partial charge in [-0.3, -0.25) is 0 Å². The Labute approximate surface area is 94.0 Å². The summed E-state index contributed by atoms with van der Waals surface area (Å²) in [5, 5.41) is 19.5. The number of hydrogen-bond donors (Lipinski definition) is 2. The molecule has 2 nitrogen and oxygen atoms in total. The van der Waals surface area contributed by atoms with E-state index in [-0.39, 0.29) is 6.10 Å². The van der Waals surface area contributed by atoms with E-state index in [4.69, 9.17) is 0 Å². The summed E-state index contributed by atoms with van der Waals surface area (Å²) in [6, 6.07) is 0. The number of aliphatic hydroxyl groups excluding tert-OH is 1. The first-order valence-corrected chi connectivity index (χ1v) is 6.04. The number of hydrogen-bond acceptors (Lipinski definition) is 2. The van der Waals surface area contributed by atoms with Crippen LogP contribution in [0.5, 0.6) is 0 Å². The van der Waals surface area contributed by atoms with Crippen molar-refractivity contribution in [3.63, 3.8) is 0 Å². The van der Waals surface area contributed by atoms with Gasteiger partial charge in [0.2, 0.25) is 0 Å². The van der Waals surface area contributed by atoms with Crippen LogP contribution in [0.2, 0.25) is 0 Å². The first-order valence-electron chi connectivity index (χ1n) is 6.04. The molecule has 0 fully saturated rings. The Balaban J connectivity index is 3.92. The molecule has 0 aromatic carbocycles. The lowest BCUT2D eigenvalue weighted by atomic mass is 9.88. The Kier molecular flexibility index (Phi) is 6.86. The summed E-state index contributed by atoms with van der Waals surface area (Å²) in [4.78, 5) is 0. The largest absolute Gasteiger partial charge is 0.393 e. The van der Waals surface area contributed by atoms with E-state index in [1.54, 1.807) is 0 Å². The molecule has 0 rings (SSSR count). The van der Waals surface area contributed by atoms with E-state index in [1.807, 2.05) is 20.8 Å². The van der Waals surface area contributed by atoms with Crippen molar-refractivity contribution in [1.29, 1.82) is 0 Å². The van der Waals surface area contributed by atoms with E-state index < -0.39 is 5.60 Å². The number of rotatable bonds is 8. The maximum absolute atomic E-state index is 10.1. The van der Waals surface area contributed by atoms with E-state index in [2.05, 4.69) is 6.58 Å². The van der Waals surface area contributed by atoms with E-state index >= 15 is 0 Å². The lowest BCUT2D eigenvalue weighted by Crippen LogP contribution is -2.27. The maximum atomic E-state index is 10.1. The average Bonchev–Trinajstić information content (AvgIpc) is 2.25. The molecule has 2 heteroatoms. The Bertz CT molecular complexity index is 183. The minimum Gasteiger partial charge on any atom is -0.393 e. The highest BCUT2D eigenvalue weighted by Crippen LogP contribution is 2.25. The highest BCUT2D eigenvalue weighted by atomic mass is 16.3. The fraction of sp³-hybridized carbons (Fsp3) is 0.846. The monoisotopic (exact) mass is 214 g/mol. The fourth-order valence-electron chi connectivity index (χ4n) is 1.63. The normalized spacial score (nSPS) is 13.9. The highest BCUT2D eigenvalue weighted by molar-refractivity contribution is 5.01. The second-order valence-electron chi connectivity index (χ2n) is 4.46. The van der Waals surface area contributed by atoms with Gasteiger partial charge in [-0.15, -0.1) is 0 Å². The fourth-order valence-corrected chi connectivity index (χ4v) is 1.63. The van der Waals surface area contributed by atoms with Gasteiger partial charge in [0.25, 0.3) is 0 Å². The Morgan fingerprint density at radius 3 is 2.20 bits per heavy atom. The third kappa shape index (κ3) is 5.95. The molecule has 1 atom stereocenters. The molecular weight excluding hydrogens is 188 g/mol. The van der Waals surface area contributed by atoms with Gasteiger partial charge in [0.15, 0.2) is 0 Å². The van der Waals surface area contributed by atoms with E-state index in [1.165, 1.54) is 0 Å². The van der Waals surface area contributed by atoms with Gasteiger partial charge in [0.05, 0.1) is 11.7 Å². The molecule has 0 bridgehead atoms. The summed E-state index contributed by atoms with van der Waals surface area (Å²) in [5.74, 6) is 0. The van der Waals surface area contributed by atoms with Crippen molar-refractivity contribution in [2.24, 2.45) is 0 Å². The summed E-state index contributed by atoms with van der Waals surface area (Å²) < 4.78 is 0. The molecule has 0 aromatic heterocycles. The zero-order chi connectivity index (χ0) is 11.9. The van der Waals surface area contributed by atoms with Crippen molar-refractivity contribution >= 4 is 0 Å². The molecule has 0 aliphatic rings. The van der Waals surface area contributed by atoms with Gasteiger partial charge in [0, 0.05) is 0 Å². The van der Waals surface area contributed by atoms with Crippen LogP contribution in [0.1, 0.15) is 59.3 Å². The minimum atomic E-state index is -0.589. The lowest BCUT2D eigenvalue weighted by molar-refractivity contribution is 0.0315. The number of aliphatic hydroxyl groups is 2. The van der Waals surface area contributed by atoms with Crippen molar-refractivity contribution in [2.45, 2.75) is 71.0 Å². The van der Waals surface area contributed by atoms with Crippen molar-refractivity contribution in [3.8, 4) is 0 Å². The topological polar surface area (TPSA) is 40.5 Å². The van der Waals surface area contributed by atoms with Crippen LogP contribution < -0.4 is 0 Å². The van der Waals surface area contributed by atoms with Gasteiger partial charge < -0.3 is 10.2 Å². The molecule has 2 N–H and O–H groups in total. The summed E-state index contributed by atoms with van der Waals surface area (Å²) in [7, 11) is 0. The Hall–Kier alpha value is -0.340. The van der Waals surface area contributed by atoms with Crippen LogP contribution in [0.3, 0.4) is 0 Å². The van der Waals surface area contributed by atoms with Gasteiger partial charge >= 0.3 is 0 Å². The van der Waals surface area contributed by atoms with Crippen LogP contribution in [-0.4, -0.2) is 21.9 Å². The molecule has 0 amide bonds. The predicted molar refractivity (Wildman–Crippen MR) is 64.8 cm³/mol. The van der Waals surface area contributed by atoms with Crippen LogP contribution in [0.15, 0.2) is 12.2 Å². The third-order valence-corrected chi connectivity index (χ3v) is 3.20. The van der Waals surface area contributed by atoms with Gasteiger partial charge in [-0.1, -0.05) is 32.9 Å². The Morgan fingerprint density at radius 2 is 1.80 bits per heavy atom. The summed E-state index contributed by atoms with van der Waals surface area (Å²) >= 11 is 0. The maximum Gasteiger partial charge on any atom is 0.0679 e. The summed E-state index contributed by atoms with van der Waals surface area (Å²) in [6.07, 6.45) is 4.33. The molecular formula is C13H26O2. The van der Waals surface area contributed by atoms with Crippen LogP contribution in [0, 0.1) is 0 Å². The molecule has 15 heavy (non-hydrogen) atoms. The molecule has 1 unspecified atom stereocenters. The standard InChI is InChI=1S/C13H26O2/c1-5-12(14)9-8-11(4)10-13(15,6-2)7-3/h12,14-15H,4-10H2,1-3H3. The van der Waals surface area contributed by atoms with Crippen molar-refractivity contribution in [2.75, 3.05) is 0 Å². The molecule has 0 heterocycles. The molecule has 0 aliphatic carbocycles. The Morgan fingerprint density at radius 1 is 1.27 bits per heavy atom. The van der Waals surface area contributed by atoms with Crippen molar-refractivity contribution in [3.05, 3.63) is 12.2 Å². The quantitative estimate of drug-likeness (QED) is 0.610. The van der Waals surface area contributed by atoms with E-state index in [0.29, 0.717) is 6.42 Å². The van der Waals surface area contributed by atoms with Gasteiger partial charge in [0.1, 0.15) is 0 Å². The summed E-state index contributed by atoms with van der Waals surface area (Å²) in [5.41, 5.74) is 0.461. The molecule has 90 valence electrons. The molecule has 0 saturated carbocycles. The smallest absolute Gasteiger partial charge is 0.0679 e. The summed E-state index contributed by atoms with van der Waals surface area (Å²) in [6.45, 7) is 9.94. The van der Waals surface area contributed by atoms with Crippen LogP contribution >= 0.6 is 0 Å². The van der Waals surface area contributed by atoms with Crippen molar-refractivity contribution < 1.29 is 10.2 Å². The first-order chi connectivity index (χ1) is 6.97. The molecule has 0 aromatic rings. The molecule has 0 saturated heterocycles. The zero-order valence-corrected chi connectivity index (χ0v) is 10.4. The van der Waals surface area contributed by atoms with Crippen LogP contribution in [0.4, 0.5) is 0 Å². The third-order valence-electron chi connectivity index (χ3n) is 3.20. The zero-order valence-electron chi connectivity index (χ0n) is 10.4. The first kappa shape index (κ1) is 14.7. The highest BCUT2D eigenvalue weighted by Gasteiger charge is 2.22.